The molecule has 0 aliphatic carbocycles. The van der Waals surface area contributed by atoms with Gasteiger partial charge in [-0.2, -0.15) is 11.8 Å². The van der Waals surface area contributed by atoms with Crippen molar-refractivity contribution in [3.8, 4) is 0 Å². The first-order valence-electron chi connectivity index (χ1n) is 5.05. The van der Waals surface area contributed by atoms with E-state index >= 15 is 0 Å². The van der Waals surface area contributed by atoms with Crippen LogP contribution in [0.25, 0.3) is 0 Å². The van der Waals surface area contributed by atoms with Crippen LogP contribution in [0.3, 0.4) is 0 Å². The summed E-state index contributed by atoms with van der Waals surface area (Å²) in [6.45, 7) is 2.21. The lowest BCUT2D eigenvalue weighted by atomic mass is 10.2. The van der Waals surface area contributed by atoms with Crippen molar-refractivity contribution < 1.29 is 4.79 Å². The fourth-order valence-corrected chi connectivity index (χ4v) is 1.72. The van der Waals surface area contributed by atoms with Crippen molar-refractivity contribution in [2.45, 2.75) is 18.9 Å². The van der Waals surface area contributed by atoms with E-state index in [0.717, 1.165) is 25.8 Å². The van der Waals surface area contributed by atoms with E-state index in [1.54, 1.807) is 0 Å². The molecule has 1 saturated heterocycles. The number of thioether (sulfide) groups is 1. The molecule has 0 unspecified atom stereocenters. The molecule has 14 heavy (non-hydrogen) atoms. The number of hydrogen-bond acceptors (Lipinski definition) is 4. The summed E-state index contributed by atoms with van der Waals surface area (Å²) in [5.74, 6) is 1.22. The normalized spacial score (nSPS) is 21.5. The average molecular weight is 218 g/mol. The Labute approximate surface area is 91.6 Å². The lowest BCUT2D eigenvalue weighted by Gasteiger charge is -2.10. The van der Waals surface area contributed by atoms with Gasteiger partial charge in [0.15, 0.2) is 0 Å². The van der Waals surface area contributed by atoms with Gasteiger partial charge in [-0.1, -0.05) is 0 Å². The lowest BCUT2D eigenvalue weighted by molar-refractivity contribution is -0.111. The molecular formula is C10H22N2OS. The van der Waals surface area contributed by atoms with E-state index < -0.39 is 0 Å². The van der Waals surface area contributed by atoms with Crippen molar-refractivity contribution in [2.24, 2.45) is 0 Å². The van der Waals surface area contributed by atoms with Gasteiger partial charge in [0.05, 0.1) is 6.04 Å². The molecule has 0 saturated carbocycles. The summed E-state index contributed by atoms with van der Waals surface area (Å²) < 4.78 is 0. The summed E-state index contributed by atoms with van der Waals surface area (Å²) in [5.41, 5.74) is 0. The Balaban J connectivity index is 0.000000255. The molecule has 1 heterocycles. The van der Waals surface area contributed by atoms with Crippen LogP contribution in [0.2, 0.25) is 0 Å². The Morgan fingerprint density at radius 3 is 2.57 bits per heavy atom. The third kappa shape index (κ3) is 6.40. The van der Waals surface area contributed by atoms with Crippen LogP contribution in [-0.2, 0) is 4.79 Å². The fraction of sp³-hybridized carbons (Fsp3) is 0.900. The van der Waals surface area contributed by atoms with Crippen LogP contribution in [0, 0.1) is 0 Å². The maximum atomic E-state index is 10.2. The fourth-order valence-electron chi connectivity index (χ4n) is 1.31. The van der Waals surface area contributed by atoms with Crippen molar-refractivity contribution in [2.75, 3.05) is 39.2 Å². The number of rotatable bonds is 4. The predicted octanol–water partition coefficient (Wildman–Crippen LogP) is 0.848. The first-order chi connectivity index (χ1) is 6.76. The second-order valence-corrected chi connectivity index (χ2v) is 4.41. The number of hydrogen-bond donors (Lipinski definition) is 1. The Bertz CT molecular complexity index is 140. The van der Waals surface area contributed by atoms with Gasteiger partial charge >= 0.3 is 0 Å². The van der Waals surface area contributed by atoms with Gasteiger partial charge in [-0.05, 0) is 39.7 Å². The monoisotopic (exact) mass is 218 g/mol. The number of likely N-dealkylation sites (N-methyl/N-ethyl adjacent to an activating group) is 1. The molecule has 4 heteroatoms. The zero-order valence-corrected chi connectivity index (χ0v) is 10.3. The Morgan fingerprint density at radius 1 is 1.64 bits per heavy atom. The van der Waals surface area contributed by atoms with Crippen LogP contribution in [0.4, 0.5) is 0 Å². The molecule has 1 fully saturated rings. The van der Waals surface area contributed by atoms with Crippen molar-refractivity contribution in [3.63, 3.8) is 0 Å². The second kappa shape index (κ2) is 9.49. The van der Waals surface area contributed by atoms with Crippen LogP contribution in [0.1, 0.15) is 12.8 Å². The standard InChI is InChI=1S/C6H11NO.C4H11NS/c1-7-4-2-3-6(7)5-8;1-5-3-4-6-2/h5-6H,2-4H2,1H3;5H,3-4H2,1-2H3/t6-;/m0./s1. The number of aldehydes is 1. The maximum absolute atomic E-state index is 10.2. The summed E-state index contributed by atoms with van der Waals surface area (Å²) in [5, 5.41) is 3.05. The van der Waals surface area contributed by atoms with Crippen LogP contribution in [-0.4, -0.2) is 56.4 Å². The van der Waals surface area contributed by atoms with Gasteiger partial charge in [0, 0.05) is 12.3 Å². The average Bonchev–Trinajstić information content (AvgIpc) is 2.61. The zero-order chi connectivity index (χ0) is 10.8. The van der Waals surface area contributed by atoms with E-state index in [0.29, 0.717) is 0 Å². The number of carbonyl (C=O) groups excluding carboxylic acids is 1. The number of carbonyl (C=O) groups is 1. The van der Waals surface area contributed by atoms with Gasteiger partial charge in [0.2, 0.25) is 0 Å². The molecule has 3 nitrogen and oxygen atoms in total. The van der Waals surface area contributed by atoms with Crippen LogP contribution < -0.4 is 5.32 Å². The number of nitrogens with zero attached hydrogens (tertiary/aromatic N) is 1. The van der Waals surface area contributed by atoms with Crippen molar-refractivity contribution >= 4 is 18.0 Å². The number of nitrogens with one attached hydrogen (secondary N) is 1. The van der Waals surface area contributed by atoms with E-state index in [-0.39, 0.29) is 6.04 Å². The van der Waals surface area contributed by atoms with Gasteiger partial charge in [0.25, 0.3) is 0 Å². The molecule has 0 spiro atoms. The molecule has 1 aliphatic rings. The van der Waals surface area contributed by atoms with E-state index in [1.807, 2.05) is 25.9 Å². The molecule has 1 atom stereocenters. The summed E-state index contributed by atoms with van der Waals surface area (Å²) >= 11 is 1.86. The van der Waals surface area contributed by atoms with Gasteiger partial charge in [-0.3, -0.25) is 4.90 Å². The molecule has 84 valence electrons. The Hall–Kier alpha value is -0.0600. The smallest absolute Gasteiger partial charge is 0.137 e. The first-order valence-corrected chi connectivity index (χ1v) is 6.44. The Kier molecular flexibility index (Phi) is 9.45. The van der Waals surface area contributed by atoms with Gasteiger partial charge in [-0.15, -0.1) is 0 Å². The SMILES string of the molecule is CN1CCC[C@H]1C=O.CNCCSC. The second-order valence-electron chi connectivity index (χ2n) is 3.42. The molecule has 0 amide bonds. The topological polar surface area (TPSA) is 32.3 Å². The van der Waals surface area contributed by atoms with Crippen molar-refractivity contribution in [1.82, 2.24) is 10.2 Å². The van der Waals surface area contributed by atoms with E-state index in [2.05, 4.69) is 16.5 Å². The highest BCUT2D eigenvalue weighted by atomic mass is 32.2. The van der Waals surface area contributed by atoms with Gasteiger partial charge in [0.1, 0.15) is 6.29 Å². The minimum absolute atomic E-state index is 0.218. The third-order valence-corrected chi connectivity index (χ3v) is 2.90. The Morgan fingerprint density at radius 2 is 2.36 bits per heavy atom. The van der Waals surface area contributed by atoms with Gasteiger partial charge < -0.3 is 10.1 Å². The van der Waals surface area contributed by atoms with E-state index in [1.165, 1.54) is 12.2 Å². The highest BCUT2D eigenvalue weighted by Crippen LogP contribution is 2.11. The van der Waals surface area contributed by atoms with E-state index in [4.69, 9.17) is 0 Å². The first kappa shape index (κ1) is 13.9. The van der Waals surface area contributed by atoms with Crippen LogP contribution >= 0.6 is 11.8 Å². The highest BCUT2D eigenvalue weighted by molar-refractivity contribution is 7.98. The molecule has 1 N–H and O–H groups in total. The molecule has 1 rings (SSSR count). The number of likely N-dealkylation sites (tertiary alicyclic amines) is 1. The quantitative estimate of drug-likeness (QED) is 0.560. The third-order valence-electron chi connectivity index (χ3n) is 2.29. The molecule has 0 aromatic rings. The zero-order valence-electron chi connectivity index (χ0n) is 9.45. The summed E-state index contributed by atoms with van der Waals surface area (Å²) in [6.07, 6.45) is 5.38. The minimum atomic E-state index is 0.218. The summed E-state index contributed by atoms with van der Waals surface area (Å²) in [6, 6.07) is 0.218. The summed E-state index contributed by atoms with van der Waals surface area (Å²) in [4.78, 5) is 12.3. The minimum Gasteiger partial charge on any atom is -0.319 e. The van der Waals surface area contributed by atoms with Crippen LogP contribution in [0.5, 0.6) is 0 Å². The maximum Gasteiger partial charge on any atom is 0.137 e. The van der Waals surface area contributed by atoms with Crippen molar-refractivity contribution in [3.05, 3.63) is 0 Å². The molecule has 1 aliphatic heterocycles. The van der Waals surface area contributed by atoms with Gasteiger partial charge in [-0.25, -0.2) is 0 Å². The molecular weight excluding hydrogens is 196 g/mol. The summed E-state index contributed by atoms with van der Waals surface area (Å²) in [7, 11) is 3.96. The molecule has 0 aromatic heterocycles. The lowest BCUT2D eigenvalue weighted by Crippen LogP contribution is -2.25. The van der Waals surface area contributed by atoms with Crippen molar-refractivity contribution in [1.29, 1.82) is 0 Å². The predicted molar refractivity (Wildman–Crippen MR) is 64.0 cm³/mol. The molecule has 0 bridgehead atoms. The molecule has 0 aromatic carbocycles. The van der Waals surface area contributed by atoms with Crippen LogP contribution in [0.15, 0.2) is 0 Å². The largest absolute Gasteiger partial charge is 0.319 e. The van der Waals surface area contributed by atoms with E-state index in [9.17, 15) is 4.79 Å². The molecule has 0 radical (unpaired) electrons. The highest BCUT2D eigenvalue weighted by Gasteiger charge is 2.18.